The van der Waals surface area contributed by atoms with Crippen molar-refractivity contribution in [1.82, 2.24) is 5.32 Å². The lowest BCUT2D eigenvalue weighted by Gasteiger charge is -2.05. The smallest absolute Gasteiger partial charge is 0.251 e. The van der Waals surface area contributed by atoms with Crippen LogP contribution < -0.4 is 5.32 Å². The van der Waals surface area contributed by atoms with E-state index in [0.717, 1.165) is 22.3 Å². The van der Waals surface area contributed by atoms with Gasteiger partial charge >= 0.3 is 0 Å². The Labute approximate surface area is 127 Å². The number of carbonyl (C=O) groups is 1. The zero-order valence-electron chi connectivity index (χ0n) is 11.3. The van der Waals surface area contributed by atoms with Gasteiger partial charge in [-0.1, -0.05) is 42.5 Å². The van der Waals surface area contributed by atoms with Crippen LogP contribution in [0.2, 0.25) is 0 Å². The van der Waals surface area contributed by atoms with Gasteiger partial charge in [0, 0.05) is 17.0 Å². The standard InChI is InChI=1S/C18H13NOS/c20-18-16-10-14(7-8-15(16)11-19-18)12-3-5-13(6-4-12)17-2-1-9-21-17/h1-10H,11H2,(H,19,20). The highest BCUT2D eigenvalue weighted by molar-refractivity contribution is 7.13. The van der Waals surface area contributed by atoms with Gasteiger partial charge < -0.3 is 5.32 Å². The second kappa shape index (κ2) is 4.86. The van der Waals surface area contributed by atoms with Crippen molar-refractivity contribution in [1.29, 1.82) is 0 Å². The van der Waals surface area contributed by atoms with Crippen molar-refractivity contribution in [3.05, 3.63) is 71.1 Å². The number of nitrogens with one attached hydrogen (secondary N) is 1. The van der Waals surface area contributed by atoms with Crippen molar-refractivity contribution in [3.8, 4) is 21.6 Å². The largest absolute Gasteiger partial charge is 0.348 e. The van der Waals surface area contributed by atoms with Crippen molar-refractivity contribution < 1.29 is 4.79 Å². The molecule has 1 aliphatic heterocycles. The summed E-state index contributed by atoms with van der Waals surface area (Å²) in [5.74, 6) is 0.0297. The van der Waals surface area contributed by atoms with E-state index in [1.807, 2.05) is 12.1 Å². The van der Waals surface area contributed by atoms with Crippen LogP contribution in [-0.4, -0.2) is 5.91 Å². The summed E-state index contributed by atoms with van der Waals surface area (Å²) in [6, 6.07) is 18.8. The first-order valence-electron chi connectivity index (χ1n) is 6.87. The molecule has 3 heteroatoms. The van der Waals surface area contributed by atoms with E-state index in [9.17, 15) is 4.79 Å². The first kappa shape index (κ1) is 12.4. The van der Waals surface area contributed by atoms with Gasteiger partial charge in [-0.25, -0.2) is 0 Å². The highest BCUT2D eigenvalue weighted by Crippen LogP contribution is 2.29. The summed E-state index contributed by atoms with van der Waals surface area (Å²) in [7, 11) is 0. The van der Waals surface area contributed by atoms with Gasteiger partial charge in [0.1, 0.15) is 0 Å². The third kappa shape index (κ3) is 2.16. The van der Waals surface area contributed by atoms with Crippen molar-refractivity contribution in [3.63, 3.8) is 0 Å². The zero-order valence-corrected chi connectivity index (χ0v) is 12.1. The van der Waals surface area contributed by atoms with Gasteiger partial charge in [0.25, 0.3) is 5.91 Å². The summed E-state index contributed by atoms with van der Waals surface area (Å²) >= 11 is 1.74. The van der Waals surface area contributed by atoms with Crippen LogP contribution in [0.15, 0.2) is 60.0 Å². The quantitative estimate of drug-likeness (QED) is 0.748. The molecule has 0 radical (unpaired) electrons. The van der Waals surface area contributed by atoms with Gasteiger partial charge in [-0.15, -0.1) is 11.3 Å². The lowest BCUT2D eigenvalue weighted by molar-refractivity contribution is 0.0966. The maximum Gasteiger partial charge on any atom is 0.251 e. The highest BCUT2D eigenvalue weighted by Gasteiger charge is 2.18. The Morgan fingerprint density at radius 1 is 0.905 bits per heavy atom. The van der Waals surface area contributed by atoms with E-state index in [-0.39, 0.29) is 5.91 Å². The molecule has 0 unspecified atom stereocenters. The summed E-state index contributed by atoms with van der Waals surface area (Å²) in [5.41, 5.74) is 5.34. The van der Waals surface area contributed by atoms with Crippen molar-refractivity contribution in [2.45, 2.75) is 6.54 Å². The summed E-state index contributed by atoms with van der Waals surface area (Å²) in [6.45, 7) is 0.645. The number of hydrogen-bond donors (Lipinski definition) is 1. The number of hydrogen-bond acceptors (Lipinski definition) is 2. The average molecular weight is 291 g/mol. The monoisotopic (exact) mass is 291 g/mol. The van der Waals surface area contributed by atoms with Crippen LogP contribution in [0.5, 0.6) is 0 Å². The Kier molecular flexibility index (Phi) is 2.86. The third-order valence-electron chi connectivity index (χ3n) is 3.82. The van der Waals surface area contributed by atoms with Gasteiger partial charge in [0.15, 0.2) is 0 Å². The molecule has 21 heavy (non-hydrogen) atoms. The molecule has 0 atom stereocenters. The lowest BCUT2D eigenvalue weighted by atomic mass is 9.99. The fourth-order valence-electron chi connectivity index (χ4n) is 2.66. The van der Waals surface area contributed by atoms with Crippen molar-refractivity contribution in [2.75, 3.05) is 0 Å². The number of rotatable bonds is 2. The molecule has 2 heterocycles. The molecule has 0 fully saturated rings. The number of carbonyl (C=O) groups excluding carboxylic acids is 1. The molecule has 0 spiro atoms. The van der Waals surface area contributed by atoms with Crippen LogP contribution in [0.4, 0.5) is 0 Å². The highest BCUT2D eigenvalue weighted by atomic mass is 32.1. The van der Waals surface area contributed by atoms with Crippen molar-refractivity contribution in [2.24, 2.45) is 0 Å². The molecule has 2 nitrogen and oxygen atoms in total. The fraction of sp³-hybridized carbons (Fsp3) is 0.0556. The molecular weight excluding hydrogens is 278 g/mol. The third-order valence-corrected chi connectivity index (χ3v) is 4.74. The Hall–Kier alpha value is -2.39. The molecule has 1 N–H and O–H groups in total. The zero-order chi connectivity index (χ0) is 14.2. The van der Waals surface area contributed by atoms with Crippen molar-refractivity contribution >= 4 is 17.2 Å². The average Bonchev–Trinajstić information content (AvgIpc) is 3.18. The second-order valence-corrected chi connectivity index (χ2v) is 6.06. The first-order valence-corrected chi connectivity index (χ1v) is 7.75. The van der Waals surface area contributed by atoms with Crippen LogP contribution in [0.3, 0.4) is 0 Å². The predicted molar refractivity (Wildman–Crippen MR) is 86.4 cm³/mol. The lowest BCUT2D eigenvalue weighted by Crippen LogP contribution is -2.12. The van der Waals surface area contributed by atoms with E-state index in [0.29, 0.717) is 6.54 Å². The molecule has 0 aliphatic carbocycles. The molecule has 4 rings (SSSR count). The van der Waals surface area contributed by atoms with E-state index in [1.54, 1.807) is 11.3 Å². The Balaban J connectivity index is 1.71. The summed E-state index contributed by atoms with van der Waals surface area (Å²) in [5, 5.41) is 4.94. The molecule has 1 aromatic heterocycles. The molecule has 1 aliphatic rings. The number of amides is 1. The van der Waals surface area contributed by atoms with Crippen LogP contribution in [0, 0.1) is 0 Å². The maximum atomic E-state index is 11.7. The topological polar surface area (TPSA) is 29.1 Å². The minimum atomic E-state index is 0.0297. The number of fused-ring (bicyclic) bond motifs is 1. The van der Waals surface area contributed by atoms with Gasteiger partial charge in [0.05, 0.1) is 0 Å². The molecule has 0 saturated heterocycles. The maximum absolute atomic E-state index is 11.7. The molecule has 0 saturated carbocycles. The normalized spacial score (nSPS) is 13.0. The Bertz CT molecular complexity index is 804. The summed E-state index contributed by atoms with van der Waals surface area (Å²) in [6.07, 6.45) is 0. The van der Waals surface area contributed by atoms with Gasteiger partial charge in [-0.3, -0.25) is 4.79 Å². The minimum absolute atomic E-state index is 0.0297. The molecular formula is C18H13NOS. The predicted octanol–water partition coefficient (Wildman–Crippen LogP) is 4.33. The van der Waals surface area contributed by atoms with E-state index in [2.05, 4.69) is 53.2 Å². The second-order valence-electron chi connectivity index (χ2n) is 5.11. The Morgan fingerprint density at radius 2 is 1.67 bits per heavy atom. The molecule has 0 bridgehead atoms. The van der Waals surface area contributed by atoms with Crippen LogP contribution in [0.25, 0.3) is 21.6 Å². The molecule has 3 aromatic rings. The van der Waals surface area contributed by atoms with Gasteiger partial charge in [-0.2, -0.15) is 0 Å². The van der Waals surface area contributed by atoms with Gasteiger partial charge in [0.2, 0.25) is 0 Å². The fourth-order valence-corrected chi connectivity index (χ4v) is 3.40. The first-order chi connectivity index (χ1) is 10.3. The van der Waals surface area contributed by atoms with E-state index >= 15 is 0 Å². The van der Waals surface area contributed by atoms with Gasteiger partial charge in [-0.05, 0) is 39.8 Å². The SMILES string of the molecule is O=C1NCc2ccc(-c3ccc(-c4cccs4)cc3)cc21. The molecule has 2 aromatic carbocycles. The Morgan fingerprint density at radius 3 is 2.43 bits per heavy atom. The summed E-state index contributed by atoms with van der Waals surface area (Å²) in [4.78, 5) is 13.0. The minimum Gasteiger partial charge on any atom is -0.348 e. The number of thiophene rings is 1. The van der Waals surface area contributed by atoms with Crippen LogP contribution in [0.1, 0.15) is 15.9 Å². The van der Waals surface area contributed by atoms with Crippen LogP contribution >= 0.6 is 11.3 Å². The van der Waals surface area contributed by atoms with E-state index in [4.69, 9.17) is 0 Å². The summed E-state index contributed by atoms with van der Waals surface area (Å²) < 4.78 is 0. The van der Waals surface area contributed by atoms with E-state index < -0.39 is 0 Å². The number of benzene rings is 2. The molecule has 102 valence electrons. The molecule has 1 amide bonds. The van der Waals surface area contributed by atoms with Crippen LogP contribution in [-0.2, 0) is 6.54 Å². The van der Waals surface area contributed by atoms with E-state index in [1.165, 1.54) is 10.4 Å².